The molecule has 0 unspecified atom stereocenters. The molecule has 0 bridgehead atoms. The molecule has 0 radical (unpaired) electrons. The lowest BCUT2D eigenvalue weighted by Gasteiger charge is -2.13. The number of hydrogen-bond donors (Lipinski definition) is 2. The molecule has 7 heteroatoms. The first-order valence-corrected chi connectivity index (χ1v) is 9.64. The summed E-state index contributed by atoms with van der Waals surface area (Å²) in [5, 5.41) is 14.1. The van der Waals surface area contributed by atoms with Gasteiger partial charge in [0.2, 0.25) is 0 Å². The Bertz CT molecular complexity index is 1260. The van der Waals surface area contributed by atoms with Crippen molar-refractivity contribution in [2.24, 2.45) is 7.05 Å². The largest absolute Gasteiger partial charge is 0.392 e. The monoisotopic (exact) mass is 425 g/mol. The van der Waals surface area contributed by atoms with Crippen LogP contribution >= 0.6 is 23.2 Å². The molecule has 4 aromatic rings. The normalized spacial score (nSPS) is 11.0. The molecule has 0 fully saturated rings. The third kappa shape index (κ3) is 3.72. The van der Waals surface area contributed by atoms with Gasteiger partial charge in [0.25, 0.3) is 5.56 Å². The van der Waals surface area contributed by atoms with Crippen molar-refractivity contribution in [3.05, 3.63) is 86.8 Å². The van der Waals surface area contributed by atoms with Gasteiger partial charge in [0.15, 0.2) is 0 Å². The number of nitrogens with one attached hydrogen (secondary N) is 1. The van der Waals surface area contributed by atoms with E-state index in [4.69, 9.17) is 23.2 Å². The van der Waals surface area contributed by atoms with Crippen molar-refractivity contribution in [3.8, 4) is 11.1 Å². The fourth-order valence-corrected chi connectivity index (χ4v) is 3.86. The van der Waals surface area contributed by atoms with Gasteiger partial charge in [-0.1, -0.05) is 41.4 Å². The van der Waals surface area contributed by atoms with Gasteiger partial charge in [-0.2, -0.15) is 0 Å². The molecule has 0 aliphatic heterocycles. The average molecular weight is 426 g/mol. The van der Waals surface area contributed by atoms with Gasteiger partial charge in [0, 0.05) is 35.9 Å². The second kappa shape index (κ2) is 7.87. The van der Waals surface area contributed by atoms with Gasteiger partial charge in [0.05, 0.1) is 27.7 Å². The number of aromatic nitrogens is 2. The Labute approximate surface area is 177 Å². The van der Waals surface area contributed by atoms with E-state index in [0.29, 0.717) is 27.0 Å². The van der Waals surface area contributed by atoms with E-state index < -0.39 is 0 Å². The minimum Gasteiger partial charge on any atom is -0.392 e. The summed E-state index contributed by atoms with van der Waals surface area (Å²) in [6.45, 7) is -0.0391. The maximum atomic E-state index is 13.0. The number of aliphatic hydroxyl groups excluding tert-OH is 1. The van der Waals surface area contributed by atoms with Crippen LogP contribution in [0.15, 0.2) is 65.6 Å². The van der Waals surface area contributed by atoms with E-state index in [-0.39, 0.29) is 12.2 Å². The van der Waals surface area contributed by atoms with E-state index in [1.165, 1.54) is 0 Å². The van der Waals surface area contributed by atoms with Crippen molar-refractivity contribution < 1.29 is 5.11 Å². The summed E-state index contributed by atoms with van der Waals surface area (Å²) >= 11 is 12.6. The van der Waals surface area contributed by atoms with Crippen molar-refractivity contribution >= 4 is 45.6 Å². The Kier molecular flexibility index (Phi) is 5.28. The Morgan fingerprint density at radius 1 is 1.07 bits per heavy atom. The minimum absolute atomic E-state index is 0.0391. The number of hydrogen-bond acceptors (Lipinski definition) is 4. The molecule has 2 aromatic heterocycles. The first-order chi connectivity index (χ1) is 14.0. The molecule has 29 heavy (non-hydrogen) atoms. The van der Waals surface area contributed by atoms with E-state index in [9.17, 15) is 9.90 Å². The van der Waals surface area contributed by atoms with Gasteiger partial charge in [-0.3, -0.25) is 4.79 Å². The van der Waals surface area contributed by atoms with E-state index in [0.717, 1.165) is 22.2 Å². The minimum atomic E-state index is -0.202. The van der Waals surface area contributed by atoms with Crippen molar-refractivity contribution in [2.45, 2.75) is 6.61 Å². The van der Waals surface area contributed by atoms with Crippen LogP contribution in [-0.2, 0) is 13.7 Å². The molecule has 2 heterocycles. The maximum Gasteiger partial charge on any atom is 0.258 e. The van der Waals surface area contributed by atoms with E-state index in [1.807, 2.05) is 24.3 Å². The van der Waals surface area contributed by atoms with Crippen LogP contribution in [0, 0.1) is 0 Å². The summed E-state index contributed by atoms with van der Waals surface area (Å²) in [5.74, 6) is 0.589. The van der Waals surface area contributed by atoms with Crippen molar-refractivity contribution in [1.29, 1.82) is 0 Å². The molecule has 0 spiro atoms. The molecular formula is C22H17Cl2N3O2. The standard InChI is InChI=1S/C22H17Cl2N3O2/c1-27-19-10-20(26-15-5-2-4-13(8-15)12-28)25-11-14(19)9-16(22(27)29)21-17(23)6-3-7-18(21)24/h2-11,28H,12H2,1H3,(H,25,26). The highest BCUT2D eigenvalue weighted by atomic mass is 35.5. The van der Waals surface area contributed by atoms with Gasteiger partial charge in [-0.05, 0) is 35.9 Å². The van der Waals surface area contributed by atoms with Crippen molar-refractivity contribution in [2.75, 3.05) is 5.32 Å². The van der Waals surface area contributed by atoms with Crippen molar-refractivity contribution in [1.82, 2.24) is 9.55 Å². The summed E-state index contributed by atoms with van der Waals surface area (Å²) < 4.78 is 1.56. The lowest BCUT2D eigenvalue weighted by atomic mass is 10.1. The summed E-state index contributed by atoms with van der Waals surface area (Å²) in [6, 6.07) is 16.1. The number of fused-ring (bicyclic) bond motifs is 1. The highest BCUT2D eigenvalue weighted by Gasteiger charge is 2.15. The molecule has 0 saturated heterocycles. The van der Waals surface area contributed by atoms with Gasteiger partial charge in [-0.15, -0.1) is 0 Å². The molecule has 2 aromatic carbocycles. The zero-order valence-electron chi connectivity index (χ0n) is 15.5. The molecular weight excluding hydrogens is 409 g/mol. The molecule has 0 aliphatic carbocycles. The van der Waals surface area contributed by atoms with Crippen LogP contribution in [-0.4, -0.2) is 14.7 Å². The first kappa shape index (κ1) is 19.5. The predicted octanol–water partition coefficient (Wildman–Crippen LogP) is 5.14. The fourth-order valence-electron chi connectivity index (χ4n) is 3.26. The Morgan fingerprint density at radius 2 is 1.79 bits per heavy atom. The van der Waals surface area contributed by atoms with Crippen LogP contribution in [0.25, 0.3) is 22.0 Å². The van der Waals surface area contributed by atoms with Gasteiger partial charge in [0.1, 0.15) is 5.82 Å². The van der Waals surface area contributed by atoms with Crippen LogP contribution in [0.4, 0.5) is 11.5 Å². The van der Waals surface area contributed by atoms with Crippen LogP contribution in [0.2, 0.25) is 10.0 Å². The number of benzene rings is 2. The lowest BCUT2D eigenvalue weighted by molar-refractivity contribution is 0.282. The molecule has 0 amide bonds. The molecule has 2 N–H and O–H groups in total. The quantitative estimate of drug-likeness (QED) is 0.474. The van der Waals surface area contributed by atoms with Crippen LogP contribution in [0.1, 0.15) is 5.56 Å². The SMILES string of the molecule is Cn1c(=O)c(-c2c(Cl)cccc2Cl)cc2cnc(Nc3cccc(CO)c3)cc21. The summed E-state index contributed by atoms with van der Waals surface area (Å²) in [5.41, 5.74) is 3.05. The molecule has 4 rings (SSSR count). The average Bonchev–Trinajstić information content (AvgIpc) is 2.72. The number of nitrogens with zero attached hydrogens (tertiary/aromatic N) is 2. The lowest BCUT2D eigenvalue weighted by Crippen LogP contribution is -2.19. The Morgan fingerprint density at radius 3 is 2.52 bits per heavy atom. The smallest absolute Gasteiger partial charge is 0.258 e. The number of pyridine rings is 2. The molecule has 0 atom stereocenters. The summed E-state index contributed by atoms with van der Waals surface area (Å²) in [7, 11) is 1.70. The summed E-state index contributed by atoms with van der Waals surface area (Å²) in [6.07, 6.45) is 1.70. The van der Waals surface area contributed by atoms with E-state index >= 15 is 0 Å². The summed E-state index contributed by atoms with van der Waals surface area (Å²) in [4.78, 5) is 17.5. The highest BCUT2D eigenvalue weighted by molar-refractivity contribution is 6.39. The second-order valence-electron chi connectivity index (χ2n) is 6.63. The number of aryl methyl sites for hydroxylation is 1. The zero-order valence-corrected chi connectivity index (χ0v) is 17.0. The van der Waals surface area contributed by atoms with Gasteiger partial charge < -0.3 is 15.0 Å². The van der Waals surface area contributed by atoms with E-state index in [1.54, 1.807) is 48.1 Å². The Balaban J connectivity index is 1.81. The third-order valence-corrected chi connectivity index (χ3v) is 5.35. The van der Waals surface area contributed by atoms with Gasteiger partial charge in [-0.25, -0.2) is 4.98 Å². The number of anilines is 2. The number of rotatable bonds is 4. The maximum absolute atomic E-state index is 13.0. The molecule has 0 aliphatic rings. The molecule has 146 valence electrons. The molecule has 0 saturated carbocycles. The first-order valence-electron chi connectivity index (χ1n) is 8.89. The predicted molar refractivity (Wildman–Crippen MR) is 118 cm³/mol. The van der Waals surface area contributed by atoms with E-state index in [2.05, 4.69) is 10.3 Å². The second-order valence-corrected chi connectivity index (χ2v) is 7.45. The zero-order chi connectivity index (χ0) is 20.5. The van der Waals surface area contributed by atoms with Crippen LogP contribution in [0.3, 0.4) is 0 Å². The Hall–Kier alpha value is -2.86. The fraction of sp³-hybridized carbons (Fsp3) is 0.0909. The number of aliphatic hydroxyl groups is 1. The van der Waals surface area contributed by atoms with Crippen molar-refractivity contribution in [3.63, 3.8) is 0 Å². The van der Waals surface area contributed by atoms with Crippen LogP contribution in [0.5, 0.6) is 0 Å². The topological polar surface area (TPSA) is 67.2 Å². The highest BCUT2D eigenvalue weighted by Crippen LogP contribution is 2.34. The van der Waals surface area contributed by atoms with Gasteiger partial charge >= 0.3 is 0 Å². The third-order valence-electron chi connectivity index (χ3n) is 4.72. The van der Waals surface area contributed by atoms with Crippen LogP contribution < -0.4 is 10.9 Å². The number of halogens is 2. The molecule has 5 nitrogen and oxygen atoms in total.